The number of rotatable bonds is 4. The maximum Gasteiger partial charge on any atom is 0.329 e. The van der Waals surface area contributed by atoms with Crippen LogP contribution in [0, 0.1) is 0 Å². The van der Waals surface area contributed by atoms with Gasteiger partial charge in [-0.05, 0) is 36.6 Å². The number of hydrogen-bond acceptors (Lipinski definition) is 4. The summed E-state index contributed by atoms with van der Waals surface area (Å²) in [6.07, 6.45) is 3.16. The van der Waals surface area contributed by atoms with E-state index in [1.807, 2.05) is 11.8 Å². The highest BCUT2D eigenvalue weighted by Crippen LogP contribution is 2.40. The number of piperidine rings is 1. The van der Waals surface area contributed by atoms with Gasteiger partial charge in [0.15, 0.2) is 0 Å². The highest BCUT2D eigenvalue weighted by Gasteiger charge is 2.29. The molecule has 1 aromatic carbocycles. The number of likely N-dealkylation sites (tertiary alicyclic amines) is 1. The molecule has 4 nitrogen and oxygen atoms in total. The van der Waals surface area contributed by atoms with E-state index in [1.165, 1.54) is 22.6 Å². The topological polar surface area (TPSA) is 49.8 Å². The molecule has 2 aliphatic rings. The molecule has 0 bridgehead atoms. The highest BCUT2D eigenvalue weighted by atomic mass is 32.2. The van der Waals surface area contributed by atoms with Gasteiger partial charge in [0.2, 0.25) is 0 Å². The first-order valence-electron chi connectivity index (χ1n) is 7.53. The second kappa shape index (κ2) is 6.81. The van der Waals surface area contributed by atoms with Gasteiger partial charge in [0.25, 0.3) is 0 Å². The largest absolute Gasteiger partial charge is 0.480 e. The van der Waals surface area contributed by atoms with E-state index in [4.69, 9.17) is 9.84 Å². The summed E-state index contributed by atoms with van der Waals surface area (Å²) in [5.41, 5.74) is 1.46. The van der Waals surface area contributed by atoms with Crippen LogP contribution in [-0.2, 0) is 9.53 Å². The number of nitrogens with zero attached hydrogens (tertiary/aromatic N) is 1. The number of carboxylic acids is 1. The van der Waals surface area contributed by atoms with Crippen molar-refractivity contribution in [3.05, 3.63) is 29.8 Å². The number of fused-ring (bicyclic) bond motifs is 1. The predicted octanol–water partition coefficient (Wildman–Crippen LogP) is 2.79. The zero-order chi connectivity index (χ0) is 14.7. The summed E-state index contributed by atoms with van der Waals surface area (Å²) in [7, 11) is 0. The van der Waals surface area contributed by atoms with Crippen LogP contribution in [0.15, 0.2) is 29.2 Å². The summed E-state index contributed by atoms with van der Waals surface area (Å²) >= 11 is 1.95. The molecule has 1 saturated heterocycles. The number of ether oxygens (including phenoxy) is 1. The third-order valence-electron chi connectivity index (χ3n) is 4.29. The Kier molecular flexibility index (Phi) is 4.83. The lowest BCUT2D eigenvalue weighted by Gasteiger charge is -2.39. The summed E-state index contributed by atoms with van der Waals surface area (Å²) in [6.45, 7) is 1.81. The molecule has 0 aliphatic carbocycles. The van der Waals surface area contributed by atoms with Crippen LogP contribution in [0.1, 0.15) is 30.9 Å². The van der Waals surface area contributed by atoms with Crippen LogP contribution in [0.4, 0.5) is 0 Å². The molecular formula is C16H21NO3S. The Hall–Kier alpha value is -1.04. The van der Waals surface area contributed by atoms with Gasteiger partial charge in [-0.3, -0.25) is 4.90 Å². The van der Waals surface area contributed by atoms with Gasteiger partial charge < -0.3 is 9.84 Å². The number of aliphatic carboxylic acids is 1. The quantitative estimate of drug-likeness (QED) is 0.927. The minimum atomic E-state index is -0.879. The van der Waals surface area contributed by atoms with E-state index >= 15 is 0 Å². The average Bonchev–Trinajstić information content (AvgIpc) is 2.53. The Balaban J connectivity index is 1.59. The first kappa shape index (κ1) is 14.9. The Bertz CT molecular complexity index is 500. The number of carboxylic acid groups (broad SMARTS) is 1. The normalized spacial score (nSPS) is 23.7. The van der Waals surface area contributed by atoms with E-state index in [9.17, 15) is 4.79 Å². The third kappa shape index (κ3) is 3.59. The maximum atomic E-state index is 10.6. The van der Waals surface area contributed by atoms with E-state index in [0.717, 1.165) is 25.9 Å². The van der Waals surface area contributed by atoms with Crippen LogP contribution < -0.4 is 0 Å². The van der Waals surface area contributed by atoms with Crippen LogP contribution >= 0.6 is 11.8 Å². The Morgan fingerprint density at radius 2 is 2.05 bits per heavy atom. The Morgan fingerprint density at radius 3 is 2.81 bits per heavy atom. The number of hydrogen-bond donors (Lipinski definition) is 1. The van der Waals surface area contributed by atoms with Crippen molar-refractivity contribution < 1.29 is 14.6 Å². The van der Waals surface area contributed by atoms with Gasteiger partial charge in [0, 0.05) is 24.0 Å². The molecule has 5 heteroatoms. The summed E-state index contributed by atoms with van der Waals surface area (Å²) < 4.78 is 5.42. The summed E-state index contributed by atoms with van der Waals surface area (Å²) in [6, 6.07) is 9.22. The van der Waals surface area contributed by atoms with Crippen molar-refractivity contribution in [3.8, 4) is 0 Å². The molecule has 0 spiro atoms. The molecule has 3 rings (SSSR count). The lowest BCUT2D eigenvalue weighted by Crippen LogP contribution is -2.40. The number of thioether (sulfide) groups is 1. The molecule has 1 N–H and O–H groups in total. The molecule has 1 fully saturated rings. The zero-order valence-corrected chi connectivity index (χ0v) is 12.8. The first-order chi connectivity index (χ1) is 10.2. The predicted molar refractivity (Wildman–Crippen MR) is 82.7 cm³/mol. The second-order valence-electron chi connectivity index (χ2n) is 5.63. The first-order valence-corrected chi connectivity index (χ1v) is 8.52. The van der Waals surface area contributed by atoms with Crippen molar-refractivity contribution in [1.82, 2.24) is 4.90 Å². The number of benzene rings is 1. The van der Waals surface area contributed by atoms with Crippen molar-refractivity contribution in [2.45, 2.75) is 36.3 Å². The van der Waals surface area contributed by atoms with Crippen LogP contribution in [0.25, 0.3) is 0 Å². The molecule has 21 heavy (non-hydrogen) atoms. The average molecular weight is 307 g/mol. The van der Waals surface area contributed by atoms with Crippen LogP contribution in [0.3, 0.4) is 0 Å². The molecule has 114 valence electrons. The van der Waals surface area contributed by atoms with Crippen molar-refractivity contribution in [3.63, 3.8) is 0 Å². The van der Waals surface area contributed by atoms with E-state index < -0.39 is 5.97 Å². The lowest BCUT2D eigenvalue weighted by atomic mass is 9.98. The summed E-state index contributed by atoms with van der Waals surface area (Å²) in [4.78, 5) is 14.5. The van der Waals surface area contributed by atoms with Crippen molar-refractivity contribution >= 4 is 17.7 Å². The molecule has 0 aromatic heterocycles. The smallest absolute Gasteiger partial charge is 0.329 e. The van der Waals surface area contributed by atoms with Gasteiger partial charge >= 0.3 is 5.97 Å². The van der Waals surface area contributed by atoms with Gasteiger partial charge in [-0.25, -0.2) is 4.79 Å². The van der Waals surface area contributed by atoms with Gasteiger partial charge in [0.1, 0.15) is 6.61 Å². The van der Waals surface area contributed by atoms with Crippen LogP contribution in [0.5, 0.6) is 0 Å². The van der Waals surface area contributed by atoms with E-state index in [2.05, 4.69) is 29.2 Å². The van der Waals surface area contributed by atoms with Gasteiger partial charge in [-0.15, -0.1) is 11.8 Å². The maximum absolute atomic E-state index is 10.6. The fraction of sp³-hybridized carbons (Fsp3) is 0.562. The molecule has 0 amide bonds. The molecular weight excluding hydrogens is 286 g/mol. The van der Waals surface area contributed by atoms with Crippen molar-refractivity contribution in [1.29, 1.82) is 0 Å². The Morgan fingerprint density at radius 1 is 1.29 bits per heavy atom. The number of carbonyl (C=O) groups is 1. The third-order valence-corrected chi connectivity index (χ3v) is 5.41. The van der Waals surface area contributed by atoms with E-state index in [0.29, 0.717) is 6.04 Å². The van der Waals surface area contributed by atoms with Crippen molar-refractivity contribution in [2.75, 3.05) is 25.4 Å². The summed E-state index contributed by atoms with van der Waals surface area (Å²) in [5, 5.41) is 8.67. The minimum absolute atomic E-state index is 0.102. The molecule has 2 aliphatic heterocycles. The SMILES string of the molecule is O=C(O)COC1CCN(C2CCSc3ccccc32)CC1. The second-order valence-corrected chi connectivity index (χ2v) is 6.77. The van der Waals surface area contributed by atoms with Crippen LogP contribution in [-0.4, -0.2) is 47.5 Å². The van der Waals surface area contributed by atoms with Gasteiger partial charge in [0.05, 0.1) is 6.10 Å². The minimum Gasteiger partial charge on any atom is -0.480 e. The highest BCUT2D eigenvalue weighted by molar-refractivity contribution is 7.99. The van der Waals surface area contributed by atoms with Crippen molar-refractivity contribution in [2.24, 2.45) is 0 Å². The monoisotopic (exact) mass is 307 g/mol. The summed E-state index contributed by atoms with van der Waals surface area (Å²) in [5.74, 6) is 0.299. The molecule has 1 aromatic rings. The zero-order valence-electron chi connectivity index (χ0n) is 12.0. The fourth-order valence-corrected chi connectivity index (χ4v) is 4.35. The molecule has 1 atom stereocenters. The standard InChI is InChI=1S/C16H21NO3S/c18-16(19)11-20-12-5-8-17(9-6-12)14-7-10-21-15-4-2-1-3-13(14)15/h1-4,12,14H,5-11H2,(H,18,19). The van der Waals surface area contributed by atoms with Crippen LogP contribution in [0.2, 0.25) is 0 Å². The molecule has 2 heterocycles. The fourth-order valence-electron chi connectivity index (χ4n) is 3.25. The lowest BCUT2D eigenvalue weighted by molar-refractivity contribution is -0.145. The molecule has 1 unspecified atom stereocenters. The molecule has 0 saturated carbocycles. The van der Waals surface area contributed by atoms with E-state index in [1.54, 1.807) is 0 Å². The van der Waals surface area contributed by atoms with E-state index in [-0.39, 0.29) is 12.7 Å². The Labute approximate surface area is 129 Å². The van der Waals surface area contributed by atoms with Gasteiger partial charge in [-0.1, -0.05) is 18.2 Å². The van der Waals surface area contributed by atoms with Gasteiger partial charge in [-0.2, -0.15) is 0 Å². The molecule has 0 radical (unpaired) electrons.